The van der Waals surface area contributed by atoms with Gasteiger partial charge in [-0.3, -0.25) is 4.99 Å². The van der Waals surface area contributed by atoms with Gasteiger partial charge in [0, 0.05) is 44.6 Å². The first-order valence-corrected chi connectivity index (χ1v) is 9.41. The zero-order chi connectivity index (χ0) is 16.4. The number of guanidine groups is 1. The lowest BCUT2D eigenvalue weighted by Gasteiger charge is -2.29. The summed E-state index contributed by atoms with van der Waals surface area (Å²) in [5.74, 6) is 1.68. The van der Waals surface area contributed by atoms with Crippen LogP contribution in [0.15, 0.2) is 29.3 Å². The van der Waals surface area contributed by atoms with Gasteiger partial charge in [-0.2, -0.15) is 0 Å². The number of halogens is 1. The first kappa shape index (κ1) is 19.0. The lowest BCUT2D eigenvalue weighted by atomic mass is 9.83. The SMILES string of the molecule is CN=C(NCC1CCCc2ccccc21)N1CCC2(CCOC2)C1.I. The number of ether oxygens (including phenoxy) is 1. The molecule has 0 amide bonds. The molecule has 2 fully saturated rings. The molecule has 0 bridgehead atoms. The van der Waals surface area contributed by atoms with Crippen LogP contribution in [0.4, 0.5) is 0 Å². The van der Waals surface area contributed by atoms with Gasteiger partial charge in [-0.1, -0.05) is 24.3 Å². The van der Waals surface area contributed by atoms with Crippen molar-refractivity contribution in [1.82, 2.24) is 10.2 Å². The molecule has 1 spiro atoms. The standard InChI is InChI=1S/C20H29N3O.HI/c1-21-19(23-11-9-20(14-23)10-12-24-15-20)22-13-17-7-4-6-16-5-2-3-8-18(16)17;/h2-3,5,8,17H,4,6-7,9-15H2,1H3,(H,21,22);1H. The van der Waals surface area contributed by atoms with Crippen LogP contribution in [-0.2, 0) is 11.2 Å². The summed E-state index contributed by atoms with van der Waals surface area (Å²) >= 11 is 0. The third-order valence-electron chi connectivity index (χ3n) is 6.13. The number of likely N-dealkylation sites (tertiary alicyclic amines) is 1. The molecule has 0 aromatic heterocycles. The van der Waals surface area contributed by atoms with Crippen LogP contribution < -0.4 is 5.32 Å². The summed E-state index contributed by atoms with van der Waals surface area (Å²) in [7, 11) is 1.91. The molecule has 2 heterocycles. The summed E-state index contributed by atoms with van der Waals surface area (Å²) < 4.78 is 5.65. The van der Waals surface area contributed by atoms with Crippen LogP contribution in [0.5, 0.6) is 0 Å². The summed E-state index contributed by atoms with van der Waals surface area (Å²) in [6, 6.07) is 8.95. The molecular weight excluding hydrogens is 425 g/mol. The van der Waals surface area contributed by atoms with Gasteiger partial charge in [0.1, 0.15) is 0 Å². The van der Waals surface area contributed by atoms with Crippen LogP contribution in [0.25, 0.3) is 0 Å². The van der Waals surface area contributed by atoms with Gasteiger partial charge in [0.2, 0.25) is 0 Å². The van der Waals surface area contributed by atoms with Crippen molar-refractivity contribution in [1.29, 1.82) is 0 Å². The Kier molecular flexibility index (Phi) is 6.25. The number of hydrogen-bond acceptors (Lipinski definition) is 2. The molecule has 3 aliphatic rings. The fraction of sp³-hybridized carbons (Fsp3) is 0.650. The van der Waals surface area contributed by atoms with Gasteiger partial charge >= 0.3 is 0 Å². The van der Waals surface area contributed by atoms with Crippen molar-refractivity contribution < 1.29 is 4.74 Å². The Morgan fingerprint density at radius 2 is 2.24 bits per heavy atom. The molecule has 25 heavy (non-hydrogen) atoms. The highest BCUT2D eigenvalue weighted by molar-refractivity contribution is 14.0. The number of aliphatic imine (C=N–C) groups is 1. The minimum atomic E-state index is 0. The van der Waals surface area contributed by atoms with Crippen molar-refractivity contribution in [3.63, 3.8) is 0 Å². The Hall–Kier alpha value is -0.820. The highest BCUT2D eigenvalue weighted by atomic mass is 127. The molecule has 5 heteroatoms. The van der Waals surface area contributed by atoms with Gasteiger partial charge in [0.15, 0.2) is 5.96 Å². The Morgan fingerprint density at radius 3 is 3.04 bits per heavy atom. The molecule has 2 unspecified atom stereocenters. The van der Waals surface area contributed by atoms with Crippen molar-refractivity contribution in [3.8, 4) is 0 Å². The zero-order valence-electron chi connectivity index (χ0n) is 15.2. The summed E-state index contributed by atoms with van der Waals surface area (Å²) in [6.07, 6.45) is 6.25. The molecule has 2 aliphatic heterocycles. The van der Waals surface area contributed by atoms with Gasteiger partial charge < -0.3 is 15.0 Å². The second-order valence-electron chi connectivity index (χ2n) is 7.69. The Labute approximate surface area is 168 Å². The fourth-order valence-corrected chi connectivity index (χ4v) is 4.70. The van der Waals surface area contributed by atoms with Crippen LogP contribution in [0, 0.1) is 5.41 Å². The molecule has 4 rings (SSSR count). The Bertz CT molecular complexity index is 613. The van der Waals surface area contributed by atoms with E-state index in [0.717, 1.165) is 38.8 Å². The van der Waals surface area contributed by atoms with E-state index >= 15 is 0 Å². The summed E-state index contributed by atoms with van der Waals surface area (Å²) in [6.45, 7) is 5.04. The smallest absolute Gasteiger partial charge is 0.193 e. The number of rotatable bonds is 2. The number of hydrogen-bond donors (Lipinski definition) is 1. The van der Waals surface area contributed by atoms with Crippen LogP contribution >= 0.6 is 24.0 Å². The first-order chi connectivity index (χ1) is 11.8. The van der Waals surface area contributed by atoms with Gasteiger partial charge in [0.25, 0.3) is 0 Å². The third-order valence-corrected chi connectivity index (χ3v) is 6.13. The molecule has 138 valence electrons. The van der Waals surface area contributed by atoms with E-state index in [9.17, 15) is 0 Å². The number of fused-ring (bicyclic) bond motifs is 1. The van der Waals surface area contributed by atoms with Crippen LogP contribution in [-0.4, -0.2) is 50.8 Å². The quantitative estimate of drug-likeness (QED) is 0.422. The molecule has 1 aromatic carbocycles. The maximum absolute atomic E-state index is 5.65. The van der Waals surface area contributed by atoms with Crippen molar-refractivity contribution in [3.05, 3.63) is 35.4 Å². The van der Waals surface area contributed by atoms with E-state index < -0.39 is 0 Å². The molecule has 1 aromatic rings. The monoisotopic (exact) mass is 455 g/mol. The van der Waals surface area contributed by atoms with Gasteiger partial charge in [-0.15, -0.1) is 24.0 Å². The van der Waals surface area contributed by atoms with E-state index in [1.807, 2.05) is 7.05 Å². The van der Waals surface area contributed by atoms with E-state index in [1.54, 1.807) is 0 Å². The van der Waals surface area contributed by atoms with Crippen LogP contribution in [0.1, 0.15) is 42.7 Å². The van der Waals surface area contributed by atoms with E-state index in [2.05, 4.69) is 39.5 Å². The van der Waals surface area contributed by atoms with Gasteiger partial charge in [-0.05, 0) is 43.2 Å². The summed E-state index contributed by atoms with van der Waals surface area (Å²) in [5, 5.41) is 3.66. The maximum atomic E-state index is 5.65. The molecule has 0 radical (unpaired) electrons. The van der Waals surface area contributed by atoms with E-state index in [-0.39, 0.29) is 24.0 Å². The molecule has 1 N–H and O–H groups in total. The normalized spacial score (nSPS) is 28.8. The van der Waals surface area contributed by atoms with Crippen LogP contribution in [0.2, 0.25) is 0 Å². The molecule has 4 nitrogen and oxygen atoms in total. The van der Waals surface area contributed by atoms with E-state index in [1.165, 1.54) is 43.2 Å². The van der Waals surface area contributed by atoms with Crippen molar-refractivity contribution >= 4 is 29.9 Å². The van der Waals surface area contributed by atoms with Crippen LogP contribution in [0.3, 0.4) is 0 Å². The average Bonchev–Trinajstić information content (AvgIpc) is 3.26. The van der Waals surface area contributed by atoms with E-state index in [0.29, 0.717) is 11.3 Å². The predicted molar refractivity (Wildman–Crippen MR) is 113 cm³/mol. The third kappa shape index (κ3) is 3.97. The molecule has 2 atom stereocenters. The van der Waals surface area contributed by atoms with Crippen molar-refractivity contribution in [2.75, 3.05) is 39.9 Å². The lowest BCUT2D eigenvalue weighted by Crippen LogP contribution is -2.43. The molecular formula is C20H30IN3O. The largest absolute Gasteiger partial charge is 0.381 e. The van der Waals surface area contributed by atoms with Gasteiger partial charge in [0.05, 0.1) is 6.61 Å². The number of aryl methyl sites for hydroxylation is 1. The van der Waals surface area contributed by atoms with Crippen molar-refractivity contribution in [2.24, 2.45) is 10.4 Å². The Morgan fingerprint density at radius 1 is 1.36 bits per heavy atom. The zero-order valence-corrected chi connectivity index (χ0v) is 17.5. The Balaban J connectivity index is 0.00000182. The minimum absolute atomic E-state index is 0. The average molecular weight is 455 g/mol. The fourth-order valence-electron chi connectivity index (χ4n) is 4.70. The summed E-state index contributed by atoms with van der Waals surface area (Å²) in [4.78, 5) is 6.99. The summed E-state index contributed by atoms with van der Waals surface area (Å²) in [5.41, 5.74) is 3.46. The van der Waals surface area contributed by atoms with Gasteiger partial charge in [-0.25, -0.2) is 0 Å². The maximum Gasteiger partial charge on any atom is 0.193 e. The second kappa shape index (κ2) is 8.25. The minimum Gasteiger partial charge on any atom is -0.381 e. The molecule has 2 saturated heterocycles. The van der Waals surface area contributed by atoms with Crippen molar-refractivity contribution in [2.45, 2.75) is 38.0 Å². The topological polar surface area (TPSA) is 36.9 Å². The number of nitrogens with one attached hydrogen (secondary N) is 1. The molecule has 0 saturated carbocycles. The first-order valence-electron chi connectivity index (χ1n) is 9.41. The molecule has 1 aliphatic carbocycles. The van der Waals surface area contributed by atoms with E-state index in [4.69, 9.17) is 4.74 Å². The predicted octanol–water partition coefficient (Wildman–Crippen LogP) is 3.41. The number of nitrogens with zero attached hydrogens (tertiary/aromatic N) is 2. The second-order valence-corrected chi connectivity index (χ2v) is 7.69. The number of benzene rings is 1. The highest BCUT2D eigenvalue weighted by Crippen LogP contribution is 2.38. The lowest BCUT2D eigenvalue weighted by molar-refractivity contribution is 0.156. The highest BCUT2D eigenvalue weighted by Gasteiger charge is 2.42.